The summed E-state index contributed by atoms with van der Waals surface area (Å²) in [7, 11) is 3.63. The van der Waals surface area contributed by atoms with Crippen LogP contribution in [0.3, 0.4) is 0 Å². The molecule has 1 amide bonds. The van der Waals surface area contributed by atoms with Crippen molar-refractivity contribution in [1.82, 2.24) is 24.9 Å². The minimum atomic E-state index is 0.133. The van der Waals surface area contributed by atoms with E-state index in [1.807, 2.05) is 17.9 Å². The number of aromatic nitrogens is 2. The SMILES string of the molecule is COCCNC(=O)C1CCCN(C2CCN(Cc3cnn(C)c3)CC2)C1. The standard InChI is InChI=1S/C19H33N5O2/c1-22-13-16(12-21-22)14-23-9-5-18(6-10-23)24-8-3-4-17(15-24)19(25)20-7-11-26-2/h12-13,17-18H,3-11,14-15H2,1-2H3,(H,20,25). The summed E-state index contributed by atoms with van der Waals surface area (Å²) in [6.45, 7) is 6.48. The molecule has 0 bridgehead atoms. The third kappa shape index (κ3) is 5.28. The Bertz CT molecular complexity index is 568. The molecule has 0 radical (unpaired) electrons. The fourth-order valence-corrected chi connectivity index (χ4v) is 4.23. The highest BCUT2D eigenvalue weighted by atomic mass is 16.5. The second-order valence-electron chi connectivity index (χ2n) is 7.65. The Morgan fingerprint density at radius 3 is 2.81 bits per heavy atom. The molecule has 1 aromatic heterocycles. The zero-order valence-electron chi connectivity index (χ0n) is 16.2. The van der Waals surface area contributed by atoms with Crippen LogP contribution in [0, 0.1) is 5.92 Å². The number of methoxy groups -OCH3 is 1. The number of carbonyl (C=O) groups excluding carboxylic acids is 1. The largest absolute Gasteiger partial charge is 0.383 e. The summed E-state index contributed by atoms with van der Waals surface area (Å²) < 4.78 is 6.88. The number of piperidine rings is 2. The molecule has 2 aliphatic rings. The summed E-state index contributed by atoms with van der Waals surface area (Å²) in [6.07, 6.45) is 8.58. The van der Waals surface area contributed by atoms with Gasteiger partial charge in [0.25, 0.3) is 0 Å². The monoisotopic (exact) mass is 363 g/mol. The van der Waals surface area contributed by atoms with Gasteiger partial charge in [-0.25, -0.2) is 0 Å². The second kappa shape index (κ2) is 9.48. The van der Waals surface area contributed by atoms with Crippen LogP contribution in [0.5, 0.6) is 0 Å². The molecule has 2 fully saturated rings. The van der Waals surface area contributed by atoms with Crippen LogP contribution >= 0.6 is 0 Å². The smallest absolute Gasteiger partial charge is 0.224 e. The lowest BCUT2D eigenvalue weighted by molar-refractivity contribution is -0.127. The van der Waals surface area contributed by atoms with Gasteiger partial charge in [0, 0.05) is 51.6 Å². The predicted octanol–water partition coefficient (Wildman–Crippen LogP) is 0.859. The normalized spacial score (nSPS) is 23.2. The second-order valence-corrected chi connectivity index (χ2v) is 7.65. The van der Waals surface area contributed by atoms with E-state index in [1.165, 1.54) is 18.4 Å². The number of nitrogens with one attached hydrogen (secondary N) is 1. The number of carbonyl (C=O) groups is 1. The molecule has 0 aliphatic carbocycles. The molecular formula is C19H33N5O2. The van der Waals surface area contributed by atoms with Crippen molar-refractivity contribution in [3.05, 3.63) is 18.0 Å². The Hall–Kier alpha value is -1.44. The Balaban J connectivity index is 1.42. The van der Waals surface area contributed by atoms with Gasteiger partial charge in [-0.15, -0.1) is 0 Å². The Morgan fingerprint density at radius 2 is 2.12 bits per heavy atom. The average Bonchev–Trinajstić information content (AvgIpc) is 3.07. The maximum absolute atomic E-state index is 12.3. The molecule has 0 saturated carbocycles. The van der Waals surface area contributed by atoms with Crippen LogP contribution in [-0.2, 0) is 23.1 Å². The van der Waals surface area contributed by atoms with Gasteiger partial charge in [0.15, 0.2) is 0 Å². The summed E-state index contributed by atoms with van der Waals surface area (Å²) in [6, 6.07) is 0.620. The van der Waals surface area contributed by atoms with Crippen LogP contribution in [0.4, 0.5) is 0 Å². The number of nitrogens with zero attached hydrogens (tertiary/aromatic N) is 4. The molecular weight excluding hydrogens is 330 g/mol. The minimum absolute atomic E-state index is 0.133. The van der Waals surface area contributed by atoms with Crippen molar-refractivity contribution in [1.29, 1.82) is 0 Å². The molecule has 1 unspecified atom stereocenters. The van der Waals surface area contributed by atoms with Gasteiger partial charge in [-0.05, 0) is 45.3 Å². The lowest BCUT2D eigenvalue weighted by atomic mass is 9.93. The van der Waals surface area contributed by atoms with Gasteiger partial charge in [0.05, 0.1) is 18.7 Å². The Morgan fingerprint density at radius 1 is 1.31 bits per heavy atom. The molecule has 1 aromatic rings. The number of amides is 1. The summed E-state index contributed by atoms with van der Waals surface area (Å²) >= 11 is 0. The molecule has 7 nitrogen and oxygen atoms in total. The molecule has 0 spiro atoms. The van der Waals surface area contributed by atoms with Gasteiger partial charge >= 0.3 is 0 Å². The van der Waals surface area contributed by atoms with Gasteiger partial charge < -0.3 is 10.1 Å². The van der Waals surface area contributed by atoms with E-state index >= 15 is 0 Å². The van der Waals surface area contributed by atoms with E-state index in [0.29, 0.717) is 19.2 Å². The quantitative estimate of drug-likeness (QED) is 0.728. The lowest BCUT2D eigenvalue weighted by Crippen LogP contribution is -2.50. The topological polar surface area (TPSA) is 62.6 Å². The first-order valence-corrected chi connectivity index (χ1v) is 9.86. The summed E-state index contributed by atoms with van der Waals surface area (Å²) in [4.78, 5) is 17.4. The van der Waals surface area contributed by atoms with Gasteiger partial charge in [0.1, 0.15) is 0 Å². The van der Waals surface area contributed by atoms with Crippen molar-refractivity contribution in [2.24, 2.45) is 13.0 Å². The zero-order chi connectivity index (χ0) is 18.4. The van der Waals surface area contributed by atoms with E-state index in [0.717, 1.165) is 45.6 Å². The fraction of sp³-hybridized carbons (Fsp3) is 0.789. The minimum Gasteiger partial charge on any atom is -0.383 e. The maximum atomic E-state index is 12.3. The van der Waals surface area contributed by atoms with Crippen LogP contribution in [-0.4, -0.2) is 78.0 Å². The Kier molecular flexibility index (Phi) is 7.05. The highest BCUT2D eigenvalue weighted by Crippen LogP contribution is 2.24. The fourth-order valence-electron chi connectivity index (χ4n) is 4.23. The van der Waals surface area contributed by atoms with E-state index in [4.69, 9.17) is 4.74 Å². The molecule has 3 heterocycles. The van der Waals surface area contributed by atoms with Gasteiger partial charge in [-0.3, -0.25) is 19.3 Å². The number of hydrogen-bond donors (Lipinski definition) is 1. The lowest BCUT2D eigenvalue weighted by Gasteiger charge is -2.42. The van der Waals surface area contributed by atoms with Crippen LogP contribution in [0.1, 0.15) is 31.2 Å². The van der Waals surface area contributed by atoms with E-state index in [-0.39, 0.29) is 11.8 Å². The van der Waals surface area contributed by atoms with Crippen molar-refractivity contribution in [3.8, 4) is 0 Å². The summed E-state index contributed by atoms with van der Waals surface area (Å²) in [5.41, 5.74) is 1.29. The van der Waals surface area contributed by atoms with Crippen molar-refractivity contribution in [2.75, 3.05) is 46.4 Å². The van der Waals surface area contributed by atoms with E-state index in [9.17, 15) is 4.79 Å². The molecule has 3 rings (SSSR count). The van der Waals surface area contributed by atoms with E-state index < -0.39 is 0 Å². The molecule has 0 aromatic carbocycles. The first kappa shape index (κ1) is 19.3. The van der Waals surface area contributed by atoms with Crippen molar-refractivity contribution < 1.29 is 9.53 Å². The molecule has 146 valence electrons. The number of aryl methyl sites for hydroxylation is 1. The molecule has 1 atom stereocenters. The highest BCUT2D eigenvalue weighted by Gasteiger charge is 2.31. The molecule has 2 aliphatic heterocycles. The van der Waals surface area contributed by atoms with Gasteiger partial charge in [-0.2, -0.15) is 5.10 Å². The third-order valence-electron chi connectivity index (χ3n) is 5.67. The average molecular weight is 364 g/mol. The van der Waals surface area contributed by atoms with Gasteiger partial charge in [0.2, 0.25) is 5.91 Å². The van der Waals surface area contributed by atoms with Gasteiger partial charge in [-0.1, -0.05) is 0 Å². The van der Waals surface area contributed by atoms with Crippen LogP contribution in [0.15, 0.2) is 12.4 Å². The number of hydrogen-bond acceptors (Lipinski definition) is 5. The molecule has 26 heavy (non-hydrogen) atoms. The molecule has 2 saturated heterocycles. The van der Waals surface area contributed by atoms with Crippen molar-refractivity contribution in [3.63, 3.8) is 0 Å². The highest BCUT2D eigenvalue weighted by molar-refractivity contribution is 5.78. The maximum Gasteiger partial charge on any atom is 0.224 e. The summed E-state index contributed by atoms with van der Waals surface area (Å²) in [5.74, 6) is 0.329. The van der Waals surface area contributed by atoms with E-state index in [1.54, 1.807) is 7.11 Å². The van der Waals surface area contributed by atoms with Crippen LogP contribution in [0.2, 0.25) is 0 Å². The number of likely N-dealkylation sites (tertiary alicyclic amines) is 2. The molecule has 7 heteroatoms. The summed E-state index contributed by atoms with van der Waals surface area (Å²) in [5, 5.41) is 7.26. The number of ether oxygens (including phenoxy) is 1. The van der Waals surface area contributed by atoms with Crippen molar-refractivity contribution in [2.45, 2.75) is 38.3 Å². The van der Waals surface area contributed by atoms with E-state index in [2.05, 4.69) is 26.4 Å². The third-order valence-corrected chi connectivity index (χ3v) is 5.67. The number of rotatable bonds is 7. The Labute approximate surface area is 156 Å². The first-order chi connectivity index (χ1) is 12.7. The van der Waals surface area contributed by atoms with Crippen LogP contribution in [0.25, 0.3) is 0 Å². The zero-order valence-corrected chi connectivity index (χ0v) is 16.2. The first-order valence-electron chi connectivity index (χ1n) is 9.86. The molecule has 1 N–H and O–H groups in total. The van der Waals surface area contributed by atoms with Crippen LogP contribution < -0.4 is 5.32 Å². The predicted molar refractivity (Wildman–Crippen MR) is 101 cm³/mol. The van der Waals surface area contributed by atoms with Crippen molar-refractivity contribution >= 4 is 5.91 Å².